The van der Waals surface area contributed by atoms with E-state index in [2.05, 4.69) is 6.07 Å². The molecular weight excluding hydrogens is 226 g/mol. The molecule has 0 bridgehead atoms. The molecule has 0 atom stereocenters. The average molecular weight is 237 g/mol. The van der Waals surface area contributed by atoms with Crippen LogP contribution in [0.5, 0.6) is 0 Å². The molecule has 0 amide bonds. The van der Waals surface area contributed by atoms with Crippen molar-refractivity contribution in [2.45, 2.75) is 6.92 Å². The number of aryl methyl sites for hydroxylation is 1. The normalized spacial score (nSPS) is 10.9. The van der Waals surface area contributed by atoms with Gasteiger partial charge in [0.1, 0.15) is 0 Å². The van der Waals surface area contributed by atoms with E-state index in [9.17, 15) is 10.1 Å². The van der Waals surface area contributed by atoms with Crippen molar-refractivity contribution in [3.8, 4) is 0 Å². The summed E-state index contributed by atoms with van der Waals surface area (Å²) >= 11 is 0. The van der Waals surface area contributed by atoms with Crippen molar-refractivity contribution in [2.24, 2.45) is 0 Å². The highest BCUT2D eigenvalue weighted by molar-refractivity contribution is 6.09. The molecule has 3 rings (SSSR count). The van der Waals surface area contributed by atoms with Crippen molar-refractivity contribution < 1.29 is 4.92 Å². The van der Waals surface area contributed by atoms with Crippen molar-refractivity contribution in [3.63, 3.8) is 0 Å². The highest BCUT2D eigenvalue weighted by atomic mass is 16.6. The predicted molar refractivity (Wildman–Crippen MR) is 72.8 cm³/mol. The van der Waals surface area contributed by atoms with Gasteiger partial charge in [-0.15, -0.1) is 0 Å². The summed E-state index contributed by atoms with van der Waals surface area (Å²) in [6, 6.07) is 15.3. The maximum Gasteiger partial charge on any atom is 0.270 e. The van der Waals surface area contributed by atoms with E-state index in [-0.39, 0.29) is 10.6 Å². The molecule has 0 radical (unpaired) electrons. The summed E-state index contributed by atoms with van der Waals surface area (Å²) in [6.07, 6.45) is 0. The summed E-state index contributed by atoms with van der Waals surface area (Å²) in [6.45, 7) is 1.91. The van der Waals surface area contributed by atoms with Crippen LogP contribution in [0.1, 0.15) is 5.56 Å². The van der Waals surface area contributed by atoms with E-state index in [1.54, 1.807) is 12.1 Å². The first-order chi connectivity index (χ1) is 8.66. The monoisotopic (exact) mass is 237 g/mol. The SMILES string of the molecule is Cc1cc([N+](=O)[O-])cc2c1ccc1ccccc12. The molecule has 3 nitrogen and oxygen atoms in total. The zero-order valence-electron chi connectivity index (χ0n) is 9.88. The number of benzene rings is 3. The summed E-state index contributed by atoms with van der Waals surface area (Å²) in [7, 11) is 0. The Labute approximate surface area is 104 Å². The van der Waals surface area contributed by atoms with Crippen molar-refractivity contribution in [2.75, 3.05) is 0 Å². The quantitative estimate of drug-likeness (QED) is 0.361. The Morgan fingerprint density at radius 3 is 2.50 bits per heavy atom. The Morgan fingerprint density at radius 1 is 0.944 bits per heavy atom. The first kappa shape index (κ1) is 10.7. The highest BCUT2D eigenvalue weighted by Gasteiger charge is 2.10. The molecule has 0 saturated heterocycles. The molecule has 0 heterocycles. The second kappa shape index (κ2) is 3.81. The summed E-state index contributed by atoms with van der Waals surface area (Å²) in [5.74, 6) is 0. The third-order valence-corrected chi connectivity index (χ3v) is 3.26. The molecule has 3 heteroatoms. The molecule has 0 N–H and O–H groups in total. The first-order valence-corrected chi connectivity index (χ1v) is 5.73. The van der Waals surface area contributed by atoms with Gasteiger partial charge in [0, 0.05) is 12.1 Å². The van der Waals surface area contributed by atoms with Crippen molar-refractivity contribution >= 4 is 27.2 Å². The second-order valence-electron chi connectivity index (χ2n) is 4.40. The van der Waals surface area contributed by atoms with Crippen LogP contribution in [0.15, 0.2) is 48.5 Å². The van der Waals surface area contributed by atoms with Crippen LogP contribution in [0.3, 0.4) is 0 Å². The van der Waals surface area contributed by atoms with E-state index in [0.29, 0.717) is 0 Å². The molecule has 0 aliphatic rings. The van der Waals surface area contributed by atoms with E-state index < -0.39 is 0 Å². The van der Waals surface area contributed by atoms with Gasteiger partial charge in [-0.1, -0.05) is 36.4 Å². The lowest BCUT2D eigenvalue weighted by Gasteiger charge is -2.06. The predicted octanol–water partition coefficient (Wildman–Crippen LogP) is 4.21. The van der Waals surface area contributed by atoms with Gasteiger partial charge in [-0.05, 0) is 34.0 Å². The molecule has 18 heavy (non-hydrogen) atoms. The van der Waals surface area contributed by atoms with Gasteiger partial charge in [0.15, 0.2) is 0 Å². The molecule has 3 aromatic rings. The van der Waals surface area contributed by atoms with Gasteiger partial charge in [0.05, 0.1) is 4.92 Å². The summed E-state index contributed by atoms with van der Waals surface area (Å²) < 4.78 is 0. The zero-order chi connectivity index (χ0) is 12.7. The lowest BCUT2D eigenvalue weighted by atomic mass is 9.98. The number of fused-ring (bicyclic) bond motifs is 3. The minimum Gasteiger partial charge on any atom is -0.258 e. The molecule has 3 aromatic carbocycles. The smallest absolute Gasteiger partial charge is 0.258 e. The second-order valence-corrected chi connectivity index (χ2v) is 4.40. The van der Waals surface area contributed by atoms with Gasteiger partial charge in [-0.2, -0.15) is 0 Å². The van der Waals surface area contributed by atoms with E-state index in [0.717, 1.165) is 27.1 Å². The minimum atomic E-state index is -0.339. The topological polar surface area (TPSA) is 43.1 Å². The van der Waals surface area contributed by atoms with E-state index in [1.165, 1.54) is 0 Å². The Balaban J connectivity index is 2.51. The lowest BCUT2D eigenvalue weighted by molar-refractivity contribution is -0.384. The van der Waals surface area contributed by atoms with Crippen LogP contribution in [0.2, 0.25) is 0 Å². The molecule has 0 aromatic heterocycles. The lowest BCUT2D eigenvalue weighted by Crippen LogP contribution is -1.90. The summed E-state index contributed by atoms with van der Waals surface area (Å²) in [4.78, 5) is 10.6. The van der Waals surface area contributed by atoms with Crippen LogP contribution in [-0.4, -0.2) is 4.92 Å². The molecule has 0 unspecified atom stereocenters. The van der Waals surface area contributed by atoms with Crippen molar-refractivity contribution in [1.82, 2.24) is 0 Å². The van der Waals surface area contributed by atoms with Crippen molar-refractivity contribution in [1.29, 1.82) is 0 Å². The van der Waals surface area contributed by atoms with Crippen LogP contribution in [0.4, 0.5) is 5.69 Å². The van der Waals surface area contributed by atoms with Crippen LogP contribution in [-0.2, 0) is 0 Å². The highest BCUT2D eigenvalue weighted by Crippen LogP contribution is 2.30. The van der Waals surface area contributed by atoms with Crippen LogP contribution in [0.25, 0.3) is 21.5 Å². The zero-order valence-corrected chi connectivity index (χ0v) is 9.88. The van der Waals surface area contributed by atoms with E-state index in [4.69, 9.17) is 0 Å². The van der Waals surface area contributed by atoms with Gasteiger partial charge in [-0.25, -0.2) is 0 Å². The number of hydrogen-bond donors (Lipinski definition) is 0. The molecule has 0 spiro atoms. The minimum absolute atomic E-state index is 0.149. The Hall–Kier alpha value is -2.42. The summed E-state index contributed by atoms with van der Waals surface area (Å²) in [5, 5.41) is 15.1. The molecule has 0 saturated carbocycles. The molecule has 0 aliphatic heterocycles. The van der Waals surface area contributed by atoms with Crippen LogP contribution < -0.4 is 0 Å². The number of nitrogens with zero attached hydrogens (tertiary/aromatic N) is 1. The van der Waals surface area contributed by atoms with Crippen molar-refractivity contribution in [3.05, 3.63) is 64.2 Å². The number of nitro benzene ring substituents is 1. The fraction of sp³-hybridized carbons (Fsp3) is 0.0667. The van der Waals surface area contributed by atoms with Gasteiger partial charge in [0.25, 0.3) is 5.69 Å². The molecular formula is C15H11NO2. The fourth-order valence-corrected chi connectivity index (χ4v) is 2.39. The Kier molecular flexibility index (Phi) is 2.27. The van der Waals surface area contributed by atoms with Gasteiger partial charge >= 0.3 is 0 Å². The van der Waals surface area contributed by atoms with E-state index >= 15 is 0 Å². The molecule has 0 fully saturated rings. The van der Waals surface area contributed by atoms with Gasteiger partial charge in [0.2, 0.25) is 0 Å². The number of hydrogen-bond acceptors (Lipinski definition) is 2. The van der Waals surface area contributed by atoms with E-state index in [1.807, 2.05) is 37.3 Å². The third-order valence-electron chi connectivity index (χ3n) is 3.26. The summed E-state index contributed by atoms with van der Waals surface area (Å²) in [5.41, 5.74) is 1.08. The van der Waals surface area contributed by atoms with Crippen LogP contribution >= 0.6 is 0 Å². The average Bonchev–Trinajstić information content (AvgIpc) is 2.38. The molecule has 0 aliphatic carbocycles. The third kappa shape index (κ3) is 1.52. The van der Waals surface area contributed by atoms with Gasteiger partial charge < -0.3 is 0 Å². The first-order valence-electron chi connectivity index (χ1n) is 5.73. The number of rotatable bonds is 1. The standard InChI is InChI=1S/C15H11NO2/c1-10-8-12(16(17)18)9-15-13(10)7-6-11-4-2-3-5-14(11)15/h2-9H,1H3. The Morgan fingerprint density at radius 2 is 1.72 bits per heavy atom. The maximum atomic E-state index is 10.9. The fourth-order valence-electron chi connectivity index (χ4n) is 2.39. The number of non-ortho nitro benzene ring substituents is 1. The van der Waals surface area contributed by atoms with Crippen LogP contribution in [0, 0.1) is 17.0 Å². The largest absolute Gasteiger partial charge is 0.270 e. The number of nitro groups is 1. The molecule has 88 valence electrons. The van der Waals surface area contributed by atoms with Gasteiger partial charge in [-0.3, -0.25) is 10.1 Å². The maximum absolute atomic E-state index is 10.9. The Bertz CT molecular complexity index is 778.